The number of nitro groups is 1. The van der Waals surface area contributed by atoms with E-state index in [9.17, 15) is 23.3 Å². The maximum absolute atomic E-state index is 12.2. The van der Waals surface area contributed by atoms with Gasteiger partial charge in [-0.15, -0.1) is 0 Å². The Hall–Kier alpha value is -2.07. The smallest absolute Gasteiger partial charge is 0.363 e. The fraction of sp³-hybridized carbons (Fsp3) is 0.400. The number of nitrogens with zero attached hydrogens (tertiary/aromatic N) is 3. The molecule has 0 bridgehead atoms. The van der Waals surface area contributed by atoms with Crippen LogP contribution in [-0.4, -0.2) is 46.8 Å². The molecule has 0 fully saturated rings. The molecule has 20 heavy (non-hydrogen) atoms. The molecule has 1 aromatic rings. The van der Waals surface area contributed by atoms with Crippen molar-refractivity contribution in [1.82, 2.24) is 9.29 Å². The predicted octanol–water partition coefficient (Wildman–Crippen LogP) is 0.475. The van der Waals surface area contributed by atoms with Gasteiger partial charge in [0.1, 0.15) is 11.4 Å². The SMILES string of the molecule is CCCN(CC(=O)O)S(=O)(=O)c1ccc([N+](=O)[O-])nc1. The van der Waals surface area contributed by atoms with E-state index in [-0.39, 0.29) is 11.4 Å². The van der Waals surface area contributed by atoms with Crippen LogP contribution in [-0.2, 0) is 14.8 Å². The van der Waals surface area contributed by atoms with Gasteiger partial charge in [-0.05, 0) is 22.4 Å². The van der Waals surface area contributed by atoms with E-state index in [0.29, 0.717) is 6.42 Å². The Morgan fingerprint density at radius 3 is 2.55 bits per heavy atom. The lowest BCUT2D eigenvalue weighted by atomic mass is 10.5. The zero-order chi connectivity index (χ0) is 15.3. The summed E-state index contributed by atoms with van der Waals surface area (Å²) in [7, 11) is -4.03. The number of hydrogen-bond donors (Lipinski definition) is 1. The third-order valence-corrected chi connectivity index (χ3v) is 4.16. The summed E-state index contributed by atoms with van der Waals surface area (Å²) in [6.07, 6.45) is 1.28. The first-order valence-electron chi connectivity index (χ1n) is 5.61. The van der Waals surface area contributed by atoms with Crippen molar-refractivity contribution >= 4 is 21.8 Å². The van der Waals surface area contributed by atoms with Gasteiger partial charge in [0, 0.05) is 12.6 Å². The van der Waals surface area contributed by atoms with E-state index < -0.39 is 33.3 Å². The minimum absolute atomic E-state index is 0.0334. The van der Waals surface area contributed by atoms with Gasteiger partial charge in [-0.25, -0.2) is 8.42 Å². The van der Waals surface area contributed by atoms with Crippen LogP contribution in [0, 0.1) is 10.1 Å². The molecule has 0 amide bonds. The standard InChI is InChI=1S/C10H13N3O6S/c1-2-5-12(7-10(14)15)20(18,19)8-3-4-9(11-6-8)13(16)17/h3-4,6H,2,5,7H2,1H3,(H,14,15). The van der Waals surface area contributed by atoms with E-state index in [0.717, 1.165) is 22.6 Å². The molecule has 0 atom stereocenters. The van der Waals surface area contributed by atoms with Crippen molar-refractivity contribution in [3.05, 3.63) is 28.4 Å². The lowest BCUT2D eigenvalue weighted by Crippen LogP contribution is -2.36. The quantitative estimate of drug-likeness (QED) is 0.572. The molecule has 0 unspecified atom stereocenters. The topological polar surface area (TPSA) is 131 Å². The van der Waals surface area contributed by atoms with Crippen molar-refractivity contribution in [3.63, 3.8) is 0 Å². The maximum atomic E-state index is 12.2. The third-order valence-electron chi connectivity index (χ3n) is 2.33. The number of sulfonamides is 1. The Morgan fingerprint density at radius 1 is 1.50 bits per heavy atom. The molecule has 1 rings (SSSR count). The van der Waals surface area contributed by atoms with Gasteiger partial charge >= 0.3 is 11.8 Å². The van der Waals surface area contributed by atoms with E-state index in [1.165, 1.54) is 0 Å². The van der Waals surface area contributed by atoms with E-state index >= 15 is 0 Å². The minimum Gasteiger partial charge on any atom is -0.480 e. The molecule has 0 saturated heterocycles. The van der Waals surface area contributed by atoms with Crippen molar-refractivity contribution < 1.29 is 23.2 Å². The first kappa shape index (κ1) is 16.0. The van der Waals surface area contributed by atoms with Gasteiger partial charge < -0.3 is 15.2 Å². The summed E-state index contributed by atoms with van der Waals surface area (Å²) in [5, 5.41) is 19.2. The molecular formula is C10H13N3O6S. The summed E-state index contributed by atoms with van der Waals surface area (Å²) in [6.45, 7) is 1.07. The molecule has 0 aliphatic carbocycles. The van der Waals surface area contributed by atoms with Crippen LogP contribution >= 0.6 is 0 Å². The van der Waals surface area contributed by atoms with Crippen molar-refractivity contribution in [2.24, 2.45) is 0 Å². The second kappa shape index (κ2) is 6.39. The summed E-state index contributed by atoms with van der Waals surface area (Å²) in [5.41, 5.74) is 0. The van der Waals surface area contributed by atoms with E-state index in [4.69, 9.17) is 5.11 Å². The van der Waals surface area contributed by atoms with Crippen molar-refractivity contribution in [1.29, 1.82) is 0 Å². The van der Waals surface area contributed by atoms with Crippen LogP contribution in [0.15, 0.2) is 23.2 Å². The molecule has 0 spiro atoms. The Kier molecular flexibility index (Phi) is 5.11. The highest BCUT2D eigenvalue weighted by molar-refractivity contribution is 7.89. The first-order valence-corrected chi connectivity index (χ1v) is 7.05. The lowest BCUT2D eigenvalue weighted by molar-refractivity contribution is -0.389. The molecule has 1 heterocycles. The summed E-state index contributed by atoms with van der Waals surface area (Å²) in [5.74, 6) is -1.76. The van der Waals surface area contributed by atoms with Crippen LogP contribution in [0.5, 0.6) is 0 Å². The number of pyridine rings is 1. The van der Waals surface area contributed by atoms with E-state index in [1.54, 1.807) is 6.92 Å². The van der Waals surface area contributed by atoms with Crippen LogP contribution in [0.2, 0.25) is 0 Å². The molecule has 1 aromatic heterocycles. The highest BCUT2D eigenvalue weighted by Gasteiger charge is 2.27. The Morgan fingerprint density at radius 2 is 2.15 bits per heavy atom. The van der Waals surface area contributed by atoms with Gasteiger partial charge in [-0.3, -0.25) is 4.79 Å². The molecule has 0 radical (unpaired) electrons. The van der Waals surface area contributed by atoms with Crippen LogP contribution in [0.1, 0.15) is 13.3 Å². The number of rotatable bonds is 7. The van der Waals surface area contributed by atoms with Crippen molar-refractivity contribution in [2.75, 3.05) is 13.1 Å². The Labute approximate surface area is 115 Å². The molecule has 9 nitrogen and oxygen atoms in total. The fourth-order valence-corrected chi connectivity index (χ4v) is 2.89. The summed E-state index contributed by atoms with van der Waals surface area (Å²) in [6, 6.07) is 1.99. The van der Waals surface area contributed by atoms with Gasteiger partial charge in [0.05, 0.1) is 0 Å². The average molecular weight is 303 g/mol. The molecule has 0 aromatic carbocycles. The average Bonchev–Trinajstić information content (AvgIpc) is 2.37. The second-order valence-corrected chi connectivity index (χ2v) is 5.78. The van der Waals surface area contributed by atoms with Crippen molar-refractivity contribution in [2.45, 2.75) is 18.2 Å². The largest absolute Gasteiger partial charge is 0.480 e. The fourth-order valence-electron chi connectivity index (χ4n) is 1.47. The second-order valence-electron chi connectivity index (χ2n) is 3.84. The molecule has 10 heteroatoms. The Balaban J connectivity index is 3.11. The lowest BCUT2D eigenvalue weighted by Gasteiger charge is -2.18. The number of aliphatic carboxylic acids is 1. The molecule has 0 saturated carbocycles. The van der Waals surface area contributed by atoms with Crippen LogP contribution in [0.3, 0.4) is 0 Å². The van der Waals surface area contributed by atoms with E-state index in [2.05, 4.69) is 4.98 Å². The summed E-state index contributed by atoms with van der Waals surface area (Å²) < 4.78 is 25.2. The Bertz CT molecular complexity index is 598. The van der Waals surface area contributed by atoms with Crippen LogP contribution in [0.4, 0.5) is 5.82 Å². The molecule has 110 valence electrons. The number of carbonyl (C=O) groups is 1. The van der Waals surface area contributed by atoms with Gasteiger partial charge in [0.25, 0.3) is 0 Å². The third kappa shape index (κ3) is 3.71. The highest BCUT2D eigenvalue weighted by atomic mass is 32.2. The molecule has 0 aliphatic rings. The number of aromatic nitrogens is 1. The normalized spacial score (nSPS) is 11.5. The highest BCUT2D eigenvalue weighted by Crippen LogP contribution is 2.17. The monoisotopic (exact) mass is 303 g/mol. The van der Waals surface area contributed by atoms with Gasteiger partial charge in [-0.2, -0.15) is 4.31 Å². The maximum Gasteiger partial charge on any atom is 0.363 e. The van der Waals surface area contributed by atoms with Gasteiger partial charge in [-0.1, -0.05) is 6.92 Å². The molecular weight excluding hydrogens is 290 g/mol. The zero-order valence-electron chi connectivity index (χ0n) is 10.6. The van der Waals surface area contributed by atoms with Crippen LogP contribution < -0.4 is 0 Å². The van der Waals surface area contributed by atoms with E-state index in [1.807, 2.05) is 0 Å². The number of hydrogen-bond acceptors (Lipinski definition) is 6. The molecule has 1 N–H and O–H groups in total. The van der Waals surface area contributed by atoms with Crippen LogP contribution in [0.25, 0.3) is 0 Å². The number of carboxylic acid groups (broad SMARTS) is 1. The molecule has 0 aliphatic heterocycles. The predicted molar refractivity (Wildman–Crippen MR) is 67.6 cm³/mol. The van der Waals surface area contributed by atoms with Gasteiger partial charge in [0.2, 0.25) is 10.0 Å². The first-order chi connectivity index (χ1) is 9.28. The number of carboxylic acids is 1. The summed E-state index contributed by atoms with van der Waals surface area (Å²) >= 11 is 0. The zero-order valence-corrected chi connectivity index (χ0v) is 11.4. The minimum atomic E-state index is -4.03. The van der Waals surface area contributed by atoms with Gasteiger partial charge in [0.15, 0.2) is 6.20 Å². The summed E-state index contributed by atoms with van der Waals surface area (Å²) in [4.78, 5) is 23.5. The van der Waals surface area contributed by atoms with Crippen molar-refractivity contribution in [3.8, 4) is 0 Å².